The van der Waals surface area contributed by atoms with Gasteiger partial charge in [-0.25, -0.2) is 9.18 Å². The van der Waals surface area contributed by atoms with Gasteiger partial charge >= 0.3 is 6.03 Å². The lowest BCUT2D eigenvalue weighted by molar-refractivity contribution is 0.234. The molecule has 4 heteroatoms. The lowest BCUT2D eigenvalue weighted by Gasteiger charge is -2.20. The number of halogens is 1. The number of rotatable bonds is 4. The molecule has 0 unspecified atom stereocenters. The van der Waals surface area contributed by atoms with E-state index in [2.05, 4.69) is 10.6 Å². The fraction of sp³-hybridized carbons (Fsp3) is 0.667. The van der Waals surface area contributed by atoms with Crippen molar-refractivity contribution in [2.75, 3.05) is 6.54 Å². The maximum atomic E-state index is 13.6. The minimum absolute atomic E-state index is 0.117. The Hall–Kier alpha value is -1.58. The molecule has 0 spiro atoms. The molecule has 0 saturated heterocycles. The van der Waals surface area contributed by atoms with Crippen molar-refractivity contribution in [2.24, 2.45) is 0 Å². The Morgan fingerprint density at radius 3 is 2.08 bits per heavy atom. The molecule has 0 radical (unpaired) electrons. The summed E-state index contributed by atoms with van der Waals surface area (Å²) in [7, 11) is 0. The van der Waals surface area contributed by atoms with E-state index in [4.69, 9.17) is 0 Å². The fourth-order valence-electron chi connectivity index (χ4n) is 3.56. The van der Waals surface area contributed by atoms with Crippen molar-refractivity contribution in [3.05, 3.63) is 35.6 Å². The molecular weight excluding hydrogens is 315 g/mol. The van der Waals surface area contributed by atoms with E-state index in [0.717, 1.165) is 12.8 Å². The molecule has 0 aliphatic heterocycles. The third-order valence-corrected chi connectivity index (χ3v) is 5.08. The normalized spacial score (nSPS) is 18.0. The Morgan fingerprint density at radius 1 is 0.920 bits per heavy atom. The summed E-state index contributed by atoms with van der Waals surface area (Å²) >= 11 is 0. The largest absolute Gasteiger partial charge is 0.338 e. The van der Waals surface area contributed by atoms with Crippen LogP contribution in [0.1, 0.15) is 76.2 Å². The molecule has 1 aliphatic rings. The van der Waals surface area contributed by atoms with Gasteiger partial charge in [0.05, 0.1) is 0 Å². The van der Waals surface area contributed by atoms with Gasteiger partial charge in [0.2, 0.25) is 0 Å². The molecule has 2 N–H and O–H groups in total. The van der Waals surface area contributed by atoms with Gasteiger partial charge in [-0.15, -0.1) is 0 Å². The predicted octanol–water partition coefficient (Wildman–Crippen LogP) is 5.34. The number of hydrogen-bond donors (Lipinski definition) is 2. The number of hydrogen-bond acceptors (Lipinski definition) is 1. The highest BCUT2D eigenvalue weighted by Gasteiger charge is 2.12. The molecule has 1 aliphatic carbocycles. The number of amides is 2. The van der Waals surface area contributed by atoms with Crippen molar-refractivity contribution in [3.63, 3.8) is 0 Å². The minimum Gasteiger partial charge on any atom is -0.338 e. The van der Waals surface area contributed by atoms with E-state index in [1.54, 1.807) is 12.1 Å². The molecule has 1 aromatic rings. The maximum Gasteiger partial charge on any atom is 0.315 e. The summed E-state index contributed by atoms with van der Waals surface area (Å²) in [5, 5.41) is 6.00. The van der Waals surface area contributed by atoms with Crippen LogP contribution in [0.5, 0.6) is 0 Å². The van der Waals surface area contributed by atoms with Gasteiger partial charge in [0.15, 0.2) is 0 Å². The Kier molecular flexibility index (Phi) is 9.38. The van der Waals surface area contributed by atoms with E-state index in [1.807, 2.05) is 6.07 Å². The highest BCUT2D eigenvalue weighted by molar-refractivity contribution is 5.74. The first-order chi connectivity index (χ1) is 12.3. The Morgan fingerprint density at radius 2 is 1.48 bits per heavy atom. The number of urea groups is 1. The van der Waals surface area contributed by atoms with Gasteiger partial charge < -0.3 is 10.6 Å². The molecule has 2 amide bonds. The Balaban J connectivity index is 1.69. The van der Waals surface area contributed by atoms with E-state index in [1.165, 1.54) is 63.9 Å². The van der Waals surface area contributed by atoms with Crippen LogP contribution in [0.25, 0.3) is 0 Å². The highest BCUT2D eigenvalue weighted by Crippen LogP contribution is 2.17. The van der Waals surface area contributed by atoms with Crippen molar-refractivity contribution < 1.29 is 9.18 Å². The average molecular weight is 349 g/mol. The van der Waals surface area contributed by atoms with Crippen molar-refractivity contribution in [2.45, 2.75) is 83.1 Å². The molecule has 0 aromatic heterocycles. The van der Waals surface area contributed by atoms with Crippen LogP contribution in [-0.4, -0.2) is 18.6 Å². The predicted molar refractivity (Wildman–Crippen MR) is 101 cm³/mol. The van der Waals surface area contributed by atoms with Crippen LogP contribution in [0, 0.1) is 5.82 Å². The summed E-state index contributed by atoms with van der Waals surface area (Å²) in [4.78, 5) is 12.1. The van der Waals surface area contributed by atoms with Crippen molar-refractivity contribution in [1.82, 2.24) is 10.6 Å². The fourth-order valence-corrected chi connectivity index (χ4v) is 3.56. The first-order valence-electron chi connectivity index (χ1n) is 10.0. The SMILES string of the molecule is O=C(NCCc1ccccc1F)NC1CCCCCCCCCCC1. The molecule has 2 rings (SSSR count). The lowest BCUT2D eigenvalue weighted by Crippen LogP contribution is -2.42. The van der Waals surface area contributed by atoms with Gasteiger partial charge in [-0.3, -0.25) is 0 Å². The second-order valence-electron chi connectivity index (χ2n) is 7.20. The quantitative estimate of drug-likeness (QED) is 0.757. The van der Waals surface area contributed by atoms with Crippen LogP contribution in [-0.2, 0) is 6.42 Å². The second kappa shape index (κ2) is 11.9. The molecule has 0 atom stereocenters. The Bertz CT molecular complexity index is 494. The second-order valence-corrected chi connectivity index (χ2v) is 7.20. The van der Waals surface area contributed by atoms with Crippen molar-refractivity contribution in [1.29, 1.82) is 0 Å². The zero-order valence-corrected chi connectivity index (χ0v) is 15.4. The molecule has 3 nitrogen and oxygen atoms in total. The summed E-state index contributed by atoms with van der Waals surface area (Å²) in [6.45, 7) is 0.458. The summed E-state index contributed by atoms with van der Waals surface area (Å²) in [6.07, 6.45) is 14.3. The topological polar surface area (TPSA) is 41.1 Å². The van der Waals surface area contributed by atoms with Crippen molar-refractivity contribution >= 4 is 6.03 Å². The van der Waals surface area contributed by atoms with E-state index in [-0.39, 0.29) is 17.9 Å². The standard InChI is InChI=1S/C21H33FN2O/c22-20-15-11-10-12-18(20)16-17-23-21(25)24-19-13-8-6-4-2-1-3-5-7-9-14-19/h10-12,15,19H,1-9,13-14,16-17H2,(H2,23,24,25). The molecule has 1 fully saturated rings. The van der Waals surface area contributed by atoms with Crippen molar-refractivity contribution in [3.8, 4) is 0 Å². The smallest absolute Gasteiger partial charge is 0.315 e. The molecule has 25 heavy (non-hydrogen) atoms. The van der Waals surface area contributed by atoms with Crippen LogP contribution in [0.3, 0.4) is 0 Å². The summed E-state index contributed by atoms with van der Waals surface area (Å²) in [5.41, 5.74) is 0.647. The third kappa shape index (κ3) is 8.37. The summed E-state index contributed by atoms with van der Waals surface area (Å²) in [5.74, 6) is -0.205. The van der Waals surface area contributed by atoms with Gasteiger partial charge in [0, 0.05) is 12.6 Å². The highest BCUT2D eigenvalue weighted by atomic mass is 19.1. The molecule has 1 aromatic carbocycles. The van der Waals surface area contributed by atoms with Gasteiger partial charge in [-0.1, -0.05) is 76.0 Å². The van der Waals surface area contributed by atoms with Gasteiger partial charge in [-0.05, 0) is 30.9 Å². The van der Waals surface area contributed by atoms with Crippen LogP contribution < -0.4 is 10.6 Å². The monoisotopic (exact) mass is 348 g/mol. The Labute approximate surface area is 151 Å². The van der Waals surface area contributed by atoms with E-state index >= 15 is 0 Å². The zero-order valence-electron chi connectivity index (χ0n) is 15.4. The lowest BCUT2D eigenvalue weighted by atomic mass is 9.98. The van der Waals surface area contributed by atoms with E-state index in [9.17, 15) is 9.18 Å². The van der Waals surface area contributed by atoms with Crippen LogP contribution in [0.15, 0.2) is 24.3 Å². The number of benzene rings is 1. The van der Waals surface area contributed by atoms with Crippen LogP contribution in [0.4, 0.5) is 9.18 Å². The summed E-state index contributed by atoms with van der Waals surface area (Å²) < 4.78 is 13.6. The first kappa shape index (κ1) is 19.7. The maximum absolute atomic E-state index is 13.6. The molecule has 140 valence electrons. The first-order valence-corrected chi connectivity index (χ1v) is 10.0. The number of nitrogens with one attached hydrogen (secondary N) is 2. The van der Waals surface area contributed by atoms with Gasteiger partial charge in [-0.2, -0.15) is 0 Å². The van der Waals surface area contributed by atoms with E-state index in [0.29, 0.717) is 18.5 Å². The van der Waals surface area contributed by atoms with Crippen LogP contribution in [0.2, 0.25) is 0 Å². The molecule has 0 bridgehead atoms. The van der Waals surface area contributed by atoms with Gasteiger partial charge in [0.25, 0.3) is 0 Å². The molecular formula is C21H33FN2O. The number of carbonyl (C=O) groups excluding carboxylic acids is 1. The summed E-state index contributed by atoms with van der Waals surface area (Å²) in [6, 6.07) is 6.88. The zero-order chi connectivity index (χ0) is 17.7. The number of carbonyl (C=O) groups is 1. The van der Waals surface area contributed by atoms with Gasteiger partial charge in [0.1, 0.15) is 5.82 Å². The minimum atomic E-state index is -0.205. The van der Waals surface area contributed by atoms with E-state index < -0.39 is 0 Å². The third-order valence-electron chi connectivity index (χ3n) is 5.08. The average Bonchev–Trinajstić information content (AvgIpc) is 2.59. The molecule has 0 heterocycles. The molecule has 1 saturated carbocycles. The van der Waals surface area contributed by atoms with Crippen LogP contribution >= 0.6 is 0 Å².